The first-order valence-corrected chi connectivity index (χ1v) is 11.2. The second-order valence-corrected chi connectivity index (χ2v) is 6.39. The summed E-state index contributed by atoms with van der Waals surface area (Å²) in [6.45, 7) is 12.3. The number of carbonyl (C=O) groups is 1. The Morgan fingerprint density at radius 1 is 0.613 bits per heavy atom. The fourth-order valence-electron chi connectivity index (χ4n) is 2.20. The average Bonchev–Trinajstić information content (AvgIpc) is 2.77. The lowest BCUT2D eigenvalue weighted by molar-refractivity contribution is -0.145. The molecule has 0 saturated heterocycles. The normalized spacial score (nSPS) is 10.9. The van der Waals surface area contributed by atoms with Crippen LogP contribution in [0.1, 0.15) is 32.6 Å². The van der Waals surface area contributed by atoms with Crippen LogP contribution in [0.5, 0.6) is 0 Å². The highest BCUT2D eigenvalue weighted by molar-refractivity contribution is 5.69. The van der Waals surface area contributed by atoms with Crippen LogP contribution in [-0.4, -0.2) is 98.5 Å². The Labute approximate surface area is 187 Å². The summed E-state index contributed by atoms with van der Waals surface area (Å²) in [4.78, 5) is 11.4. The van der Waals surface area contributed by atoms with Crippen LogP contribution in [0, 0.1) is 0 Å². The van der Waals surface area contributed by atoms with E-state index in [0.717, 1.165) is 19.3 Å². The van der Waals surface area contributed by atoms with Gasteiger partial charge in [0, 0.05) is 6.42 Å². The van der Waals surface area contributed by atoms with Crippen LogP contribution in [0.2, 0.25) is 0 Å². The van der Waals surface area contributed by atoms with E-state index in [1.54, 1.807) is 0 Å². The third-order valence-corrected chi connectivity index (χ3v) is 3.80. The zero-order valence-electron chi connectivity index (χ0n) is 19.2. The van der Waals surface area contributed by atoms with Gasteiger partial charge in [0.25, 0.3) is 0 Å². The minimum Gasteiger partial charge on any atom is -0.499 e. The summed E-state index contributed by atoms with van der Waals surface area (Å²) in [5.74, 6) is -0.155. The molecule has 0 N–H and O–H groups in total. The van der Waals surface area contributed by atoms with E-state index in [9.17, 15) is 4.79 Å². The summed E-state index contributed by atoms with van der Waals surface area (Å²) in [6, 6.07) is 0. The third kappa shape index (κ3) is 26.7. The number of hydrogen-bond acceptors (Lipinski definition) is 9. The minimum atomic E-state index is -0.155. The summed E-state index contributed by atoms with van der Waals surface area (Å²) >= 11 is 0. The second kappa shape index (κ2) is 26.8. The maximum absolute atomic E-state index is 11.4. The van der Waals surface area contributed by atoms with Crippen LogP contribution in [0.25, 0.3) is 0 Å². The number of carbonyl (C=O) groups excluding carboxylic acids is 1. The molecule has 0 aromatic rings. The van der Waals surface area contributed by atoms with Crippen LogP contribution in [0.15, 0.2) is 12.8 Å². The topological polar surface area (TPSA) is 90.9 Å². The summed E-state index contributed by atoms with van der Waals surface area (Å²) < 4.78 is 42.2. The average molecular weight is 451 g/mol. The molecule has 0 aromatic heterocycles. The first-order chi connectivity index (χ1) is 15.3. The highest BCUT2D eigenvalue weighted by atomic mass is 16.6. The molecule has 0 fully saturated rings. The number of esters is 1. The standard InChI is InChI=1S/C22H42O9/c1-3-5-6-7-22(23)31-21-20-30-19-18-29-17-16-28-15-14-27-13-12-26-11-10-25-9-8-24-4-2/h4H,2-3,5-21H2,1H3. The molecule has 0 aliphatic heterocycles. The number of rotatable bonds is 26. The molecule has 0 aliphatic carbocycles. The quantitative estimate of drug-likeness (QED) is 0.112. The fourth-order valence-corrected chi connectivity index (χ4v) is 2.20. The van der Waals surface area contributed by atoms with Gasteiger partial charge in [0.1, 0.15) is 13.2 Å². The van der Waals surface area contributed by atoms with Crippen LogP contribution in [0.3, 0.4) is 0 Å². The van der Waals surface area contributed by atoms with Gasteiger partial charge in [-0.3, -0.25) is 4.79 Å². The largest absolute Gasteiger partial charge is 0.499 e. The summed E-state index contributed by atoms with van der Waals surface area (Å²) in [5, 5.41) is 0. The second-order valence-electron chi connectivity index (χ2n) is 6.39. The molecule has 0 rings (SSSR count). The van der Waals surface area contributed by atoms with Crippen molar-refractivity contribution < 1.29 is 42.7 Å². The van der Waals surface area contributed by atoms with E-state index in [4.69, 9.17) is 37.9 Å². The van der Waals surface area contributed by atoms with Crippen molar-refractivity contribution >= 4 is 5.97 Å². The molecule has 9 heteroatoms. The molecule has 0 heterocycles. The van der Waals surface area contributed by atoms with Gasteiger partial charge in [-0.15, -0.1) is 0 Å². The highest BCUT2D eigenvalue weighted by Crippen LogP contribution is 2.00. The smallest absolute Gasteiger partial charge is 0.305 e. The Morgan fingerprint density at radius 3 is 1.39 bits per heavy atom. The van der Waals surface area contributed by atoms with Gasteiger partial charge < -0.3 is 37.9 Å². The molecular formula is C22H42O9. The lowest BCUT2D eigenvalue weighted by Crippen LogP contribution is -2.15. The zero-order valence-corrected chi connectivity index (χ0v) is 19.2. The van der Waals surface area contributed by atoms with Crippen molar-refractivity contribution in [3.63, 3.8) is 0 Å². The highest BCUT2D eigenvalue weighted by Gasteiger charge is 2.01. The monoisotopic (exact) mass is 450 g/mol. The first-order valence-electron chi connectivity index (χ1n) is 11.2. The van der Waals surface area contributed by atoms with E-state index in [0.29, 0.717) is 98.9 Å². The molecule has 9 nitrogen and oxygen atoms in total. The van der Waals surface area contributed by atoms with Gasteiger partial charge in [-0.25, -0.2) is 0 Å². The Kier molecular flexibility index (Phi) is 25.7. The molecule has 0 unspecified atom stereocenters. The Balaban J connectivity index is 3.06. The molecule has 0 amide bonds. The third-order valence-electron chi connectivity index (χ3n) is 3.80. The van der Waals surface area contributed by atoms with Crippen LogP contribution >= 0.6 is 0 Å². The Morgan fingerprint density at radius 2 is 1.00 bits per heavy atom. The lowest BCUT2D eigenvalue weighted by Gasteiger charge is -2.08. The van der Waals surface area contributed by atoms with Crippen LogP contribution in [-0.2, 0) is 42.7 Å². The molecule has 0 saturated carbocycles. The number of hydrogen-bond donors (Lipinski definition) is 0. The van der Waals surface area contributed by atoms with E-state index in [2.05, 4.69) is 13.5 Å². The van der Waals surface area contributed by atoms with Crippen molar-refractivity contribution in [1.82, 2.24) is 0 Å². The zero-order chi connectivity index (χ0) is 22.7. The molecule has 0 aliphatic rings. The number of ether oxygens (including phenoxy) is 8. The van der Waals surface area contributed by atoms with E-state index in [1.807, 2.05) is 0 Å². The van der Waals surface area contributed by atoms with Gasteiger partial charge in [0.05, 0.1) is 85.5 Å². The predicted octanol–water partition coefficient (Wildman–Crippen LogP) is 2.37. The molecule has 0 aromatic carbocycles. The summed E-state index contributed by atoms with van der Waals surface area (Å²) in [6.07, 6.45) is 4.91. The van der Waals surface area contributed by atoms with Crippen molar-refractivity contribution in [1.29, 1.82) is 0 Å². The molecule has 0 bridgehead atoms. The van der Waals surface area contributed by atoms with Crippen molar-refractivity contribution in [2.24, 2.45) is 0 Å². The molecule has 184 valence electrons. The Hall–Kier alpha value is -1.23. The van der Waals surface area contributed by atoms with Crippen molar-refractivity contribution in [2.75, 3.05) is 92.5 Å². The molecule has 0 atom stereocenters. The predicted molar refractivity (Wildman–Crippen MR) is 116 cm³/mol. The summed E-state index contributed by atoms with van der Waals surface area (Å²) in [7, 11) is 0. The fraction of sp³-hybridized carbons (Fsp3) is 0.864. The van der Waals surface area contributed by atoms with E-state index < -0.39 is 0 Å². The van der Waals surface area contributed by atoms with Gasteiger partial charge in [-0.1, -0.05) is 26.3 Å². The van der Waals surface area contributed by atoms with Gasteiger partial charge in [0.2, 0.25) is 0 Å². The number of unbranched alkanes of at least 4 members (excludes halogenated alkanes) is 2. The maximum Gasteiger partial charge on any atom is 0.305 e. The molecular weight excluding hydrogens is 408 g/mol. The van der Waals surface area contributed by atoms with Crippen LogP contribution in [0.4, 0.5) is 0 Å². The van der Waals surface area contributed by atoms with E-state index >= 15 is 0 Å². The van der Waals surface area contributed by atoms with Gasteiger partial charge in [-0.05, 0) is 6.42 Å². The lowest BCUT2D eigenvalue weighted by atomic mass is 10.2. The van der Waals surface area contributed by atoms with E-state index in [1.165, 1.54) is 6.26 Å². The Bertz CT molecular complexity index is 380. The van der Waals surface area contributed by atoms with Crippen molar-refractivity contribution in [3.8, 4) is 0 Å². The SMILES string of the molecule is C=COCCOCCOCCOCCOCCOCCOCCOC(=O)CCCCC. The molecule has 0 spiro atoms. The van der Waals surface area contributed by atoms with Gasteiger partial charge >= 0.3 is 5.97 Å². The van der Waals surface area contributed by atoms with Crippen LogP contribution < -0.4 is 0 Å². The first kappa shape index (κ1) is 29.8. The van der Waals surface area contributed by atoms with Crippen molar-refractivity contribution in [2.45, 2.75) is 32.6 Å². The van der Waals surface area contributed by atoms with Gasteiger partial charge in [-0.2, -0.15) is 0 Å². The molecule has 31 heavy (non-hydrogen) atoms. The minimum absolute atomic E-state index is 0.155. The summed E-state index contributed by atoms with van der Waals surface area (Å²) in [5.41, 5.74) is 0. The maximum atomic E-state index is 11.4. The van der Waals surface area contributed by atoms with Gasteiger partial charge in [0.15, 0.2) is 0 Å². The van der Waals surface area contributed by atoms with E-state index in [-0.39, 0.29) is 5.97 Å². The van der Waals surface area contributed by atoms with Crippen molar-refractivity contribution in [3.05, 3.63) is 12.8 Å². The molecule has 0 radical (unpaired) electrons.